The van der Waals surface area contributed by atoms with Crippen LogP contribution < -0.4 is 5.32 Å². The summed E-state index contributed by atoms with van der Waals surface area (Å²) >= 11 is 0. The molecule has 0 heterocycles. The minimum absolute atomic E-state index is 0.123. The van der Waals surface area contributed by atoms with Gasteiger partial charge < -0.3 is 15.5 Å². The molecule has 0 aromatic rings. The highest BCUT2D eigenvalue weighted by molar-refractivity contribution is 5.89. The van der Waals surface area contributed by atoms with Gasteiger partial charge in [-0.05, 0) is 26.8 Å². The average molecular weight is 243 g/mol. The summed E-state index contributed by atoms with van der Waals surface area (Å²) in [4.78, 5) is 29.7. The first-order valence-electron chi connectivity index (χ1n) is 4.67. The first kappa shape index (κ1) is 17.3. The summed E-state index contributed by atoms with van der Waals surface area (Å²) in [6.45, 7) is 9.11. The van der Waals surface area contributed by atoms with Gasteiger partial charge in [0.2, 0.25) is 5.91 Å². The van der Waals surface area contributed by atoms with E-state index in [-0.39, 0.29) is 11.4 Å². The van der Waals surface area contributed by atoms with Crippen molar-refractivity contribution in [3.8, 4) is 0 Å². The van der Waals surface area contributed by atoms with Crippen LogP contribution in [0.3, 0.4) is 0 Å². The monoisotopic (exact) mass is 243 g/mol. The Labute approximate surface area is 99.6 Å². The van der Waals surface area contributed by atoms with Crippen molar-refractivity contribution < 1.29 is 24.6 Å². The second-order valence-electron chi connectivity index (χ2n) is 3.95. The van der Waals surface area contributed by atoms with Crippen molar-refractivity contribution in [1.29, 1.82) is 0 Å². The molecule has 0 atom stereocenters. The van der Waals surface area contributed by atoms with E-state index >= 15 is 0 Å². The van der Waals surface area contributed by atoms with E-state index in [1.807, 2.05) is 20.8 Å². The largest absolute Gasteiger partial charge is 0.478 e. The predicted molar refractivity (Wildman–Crippen MR) is 62.5 cm³/mol. The number of hydrogen-bond donors (Lipinski definition) is 3. The molecule has 0 spiro atoms. The lowest BCUT2D eigenvalue weighted by Gasteiger charge is -2.18. The van der Waals surface area contributed by atoms with E-state index in [1.54, 1.807) is 0 Å². The van der Waals surface area contributed by atoms with Crippen molar-refractivity contribution >= 4 is 17.8 Å². The number of nitrogens with one attached hydrogen (secondary N) is 1. The fraction of sp³-hybridized carbons (Fsp3) is 0.364. The third-order valence-electron chi connectivity index (χ3n) is 1.05. The quantitative estimate of drug-likeness (QED) is 0.636. The van der Waals surface area contributed by atoms with Gasteiger partial charge in [-0.3, -0.25) is 4.79 Å². The lowest BCUT2D eigenvalue weighted by Crippen LogP contribution is -2.39. The lowest BCUT2D eigenvalue weighted by atomic mass is 10.1. The average Bonchev–Trinajstić information content (AvgIpc) is 2.13. The molecule has 0 aliphatic carbocycles. The molecule has 0 saturated carbocycles. The van der Waals surface area contributed by atoms with Crippen LogP contribution in [0.25, 0.3) is 0 Å². The maximum Gasteiger partial charge on any atom is 0.328 e. The first-order chi connectivity index (χ1) is 7.58. The van der Waals surface area contributed by atoms with E-state index in [4.69, 9.17) is 10.2 Å². The van der Waals surface area contributed by atoms with Crippen LogP contribution >= 0.6 is 0 Å². The Morgan fingerprint density at radius 1 is 1.06 bits per heavy atom. The maximum absolute atomic E-state index is 10.6. The van der Waals surface area contributed by atoms with Crippen LogP contribution in [0.4, 0.5) is 0 Å². The van der Waals surface area contributed by atoms with Crippen LogP contribution in [-0.4, -0.2) is 33.6 Å². The van der Waals surface area contributed by atoms with Gasteiger partial charge in [-0.2, -0.15) is 0 Å². The second-order valence-corrected chi connectivity index (χ2v) is 3.95. The fourth-order valence-electron chi connectivity index (χ4n) is 0.563. The highest BCUT2D eigenvalue weighted by Crippen LogP contribution is 1.97. The Bertz CT molecular complexity index is 309. The van der Waals surface area contributed by atoms with Gasteiger partial charge in [0.15, 0.2) is 0 Å². The molecule has 0 aliphatic rings. The van der Waals surface area contributed by atoms with Crippen molar-refractivity contribution in [1.82, 2.24) is 5.32 Å². The summed E-state index contributed by atoms with van der Waals surface area (Å²) in [7, 11) is 0. The topological polar surface area (TPSA) is 104 Å². The number of carboxylic acid groups (broad SMARTS) is 2. The molecule has 0 bridgehead atoms. The zero-order chi connectivity index (χ0) is 14.1. The van der Waals surface area contributed by atoms with E-state index in [0.29, 0.717) is 12.2 Å². The van der Waals surface area contributed by atoms with Crippen LogP contribution in [0.5, 0.6) is 0 Å². The molecule has 0 saturated heterocycles. The van der Waals surface area contributed by atoms with Crippen molar-refractivity contribution in [2.24, 2.45) is 0 Å². The maximum atomic E-state index is 10.6. The molecule has 0 aliphatic heterocycles. The van der Waals surface area contributed by atoms with Crippen LogP contribution in [0.2, 0.25) is 0 Å². The molecule has 17 heavy (non-hydrogen) atoms. The van der Waals surface area contributed by atoms with Gasteiger partial charge in [-0.25, -0.2) is 9.59 Å². The van der Waals surface area contributed by atoms with Gasteiger partial charge in [-0.15, -0.1) is 0 Å². The number of carbonyl (C=O) groups is 3. The zero-order valence-electron chi connectivity index (χ0n) is 10.1. The molecule has 1 amide bonds. The van der Waals surface area contributed by atoms with Gasteiger partial charge in [0.25, 0.3) is 0 Å². The van der Waals surface area contributed by atoms with Gasteiger partial charge in [0.1, 0.15) is 0 Å². The van der Waals surface area contributed by atoms with Crippen molar-refractivity contribution in [3.05, 3.63) is 24.8 Å². The summed E-state index contributed by atoms with van der Waals surface area (Å²) in [5.41, 5.74) is -0.148. The molecular formula is C11H17NO5. The standard InChI is InChI=1S/C7H13NO.C4H4O4/c1-5-6(9)8-7(2,3)4;5-3(6)1-2-4(7)8/h5H,1H2,2-4H3,(H,8,9);1-2H,(H,5,6)(H,7,8)/b;2-1-. The fourth-order valence-corrected chi connectivity index (χ4v) is 0.563. The van der Waals surface area contributed by atoms with Crippen LogP contribution in [0.15, 0.2) is 24.8 Å². The Hall–Kier alpha value is -2.11. The third kappa shape index (κ3) is 20.1. The highest BCUT2D eigenvalue weighted by atomic mass is 16.4. The number of hydrogen-bond acceptors (Lipinski definition) is 3. The summed E-state index contributed by atoms with van der Waals surface area (Å²) in [5.74, 6) is -2.64. The van der Waals surface area contributed by atoms with E-state index in [0.717, 1.165) is 0 Å². The van der Waals surface area contributed by atoms with E-state index in [2.05, 4.69) is 11.9 Å². The minimum atomic E-state index is -1.26. The molecule has 0 aromatic heterocycles. The van der Waals surface area contributed by atoms with E-state index < -0.39 is 11.9 Å². The lowest BCUT2D eigenvalue weighted by molar-refractivity contribution is -0.134. The van der Waals surface area contributed by atoms with Crippen LogP contribution in [-0.2, 0) is 14.4 Å². The minimum Gasteiger partial charge on any atom is -0.478 e. The number of rotatable bonds is 3. The number of amides is 1. The normalized spacial score (nSPS) is 10.1. The number of carboxylic acids is 2. The first-order valence-corrected chi connectivity index (χ1v) is 4.67. The molecule has 6 nitrogen and oxygen atoms in total. The highest BCUT2D eigenvalue weighted by Gasteiger charge is 2.10. The van der Waals surface area contributed by atoms with Gasteiger partial charge in [0, 0.05) is 17.7 Å². The molecule has 0 unspecified atom stereocenters. The van der Waals surface area contributed by atoms with E-state index in [1.165, 1.54) is 6.08 Å². The molecular weight excluding hydrogens is 226 g/mol. The molecule has 0 radical (unpaired) electrons. The van der Waals surface area contributed by atoms with E-state index in [9.17, 15) is 14.4 Å². The van der Waals surface area contributed by atoms with Crippen molar-refractivity contribution in [3.63, 3.8) is 0 Å². The molecule has 6 heteroatoms. The molecule has 3 N–H and O–H groups in total. The van der Waals surface area contributed by atoms with Crippen LogP contribution in [0.1, 0.15) is 20.8 Å². The predicted octanol–water partition coefficient (Wildman–Crippen LogP) is 0.799. The number of carbonyl (C=O) groups excluding carboxylic acids is 1. The summed E-state index contributed by atoms with van der Waals surface area (Å²) in [6, 6.07) is 0. The van der Waals surface area contributed by atoms with Crippen molar-refractivity contribution in [2.45, 2.75) is 26.3 Å². The number of aliphatic carboxylic acids is 2. The van der Waals surface area contributed by atoms with Gasteiger partial charge in [0.05, 0.1) is 0 Å². The summed E-state index contributed by atoms with van der Waals surface area (Å²) < 4.78 is 0. The summed E-state index contributed by atoms with van der Waals surface area (Å²) in [5, 5.41) is 18.3. The summed E-state index contributed by atoms with van der Waals surface area (Å²) in [6.07, 6.45) is 2.38. The second kappa shape index (κ2) is 8.09. The SMILES string of the molecule is C=CC(=O)NC(C)(C)C.O=C(O)/C=C\C(=O)O. The molecule has 0 rings (SSSR count). The Balaban J connectivity index is 0. The Morgan fingerprint density at radius 2 is 1.41 bits per heavy atom. The van der Waals surface area contributed by atoms with Gasteiger partial charge >= 0.3 is 11.9 Å². The van der Waals surface area contributed by atoms with Gasteiger partial charge in [-0.1, -0.05) is 6.58 Å². The molecule has 0 fully saturated rings. The molecule has 96 valence electrons. The van der Waals surface area contributed by atoms with Crippen molar-refractivity contribution in [2.75, 3.05) is 0 Å². The smallest absolute Gasteiger partial charge is 0.328 e. The molecule has 0 aromatic carbocycles. The zero-order valence-corrected chi connectivity index (χ0v) is 10.1. The Morgan fingerprint density at radius 3 is 1.53 bits per heavy atom. The third-order valence-corrected chi connectivity index (χ3v) is 1.05. The van der Waals surface area contributed by atoms with Crippen LogP contribution in [0, 0.1) is 0 Å². The Kier molecular flexibility index (Phi) is 8.23.